The third-order valence-corrected chi connectivity index (χ3v) is 9.29. The van der Waals surface area contributed by atoms with E-state index in [-0.39, 0.29) is 21.2 Å². The summed E-state index contributed by atoms with van der Waals surface area (Å²) in [4.78, 5) is 13.1. The molecule has 0 aliphatic rings. The number of carbonyl (C=O) groups is 1. The smallest absolute Gasteiger partial charge is 0.264 e. The van der Waals surface area contributed by atoms with E-state index in [2.05, 4.69) is 5.32 Å². The van der Waals surface area contributed by atoms with Crippen molar-refractivity contribution in [3.63, 3.8) is 0 Å². The summed E-state index contributed by atoms with van der Waals surface area (Å²) in [6.07, 6.45) is 0. The van der Waals surface area contributed by atoms with Crippen molar-refractivity contribution in [2.75, 3.05) is 36.4 Å². The summed E-state index contributed by atoms with van der Waals surface area (Å²) < 4.78 is 60.0. The Morgan fingerprint density at radius 2 is 1.33 bits per heavy atom. The van der Waals surface area contributed by atoms with Gasteiger partial charge < -0.3 is 10.1 Å². The Morgan fingerprint density at radius 1 is 0.778 bits per heavy atom. The lowest BCUT2D eigenvalue weighted by Gasteiger charge is -2.25. The van der Waals surface area contributed by atoms with Gasteiger partial charge in [0.15, 0.2) is 0 Å². The highest BCUT2D eigenvalue weighted by atomic mass is 32.2. The molecule has 0 heterocycles. The average molecular weight is 532 g/mol. The molecule has 9 nitrogen and oxygen atoms in total. The van der Waals surface area contributed by atoms with Crippen LogP contribution >= 0.6 is 0 Å². The fourth-order valence-electron chi connectivity index (χ4n) is 3.61. The van der Waals surface area contributed by atoms with Crippen molar-refractivity contribution in [1.29, 1.82) is 0 Å². The quantitative estimate of drug-likeness (QED) is 0.405. The fraction of sp³-hybridized carbons (Fsp3) is 0.240. The lowest BCUT2D eigenvalue weighted by atomic mass is 10.3. The minimum absolute atomic E-state index is 0.0228. The molecule has 3 rings (SSSR count). The van der Waals surface area contributed by atoms with E-state index < -0.39 is 32.5 Å². The Kier molecular flexibility index (Phi) is 8.72. The zero-order valence-electron chi connectivity index (χ0n) is 20.3. The molecule has 0 unspecified atom stereocenters. The fourth-order valence-corrected chi connectivity index (χ4v) is 6.52. The van der Waals surface area contributed by atoms with E-state index in [1.807, 2.05) is 0 Å². The molecule has 0 saturated heterocycles. The van der Waals surface area contributed by atoms with Gasteiger partial charge in [0, 0.05) is 18.8 Å². The molecule has 0 aromatic heterocycles. The van der Waals surface area contributed by atoms with Gasteiger partial charge in [-0.1, -0.05) is 44.2 Å². The van der Waals surface area contributed by atoms with Crippen LogP contribution in [0, 0.1) is 0 Å². The Bertz CT molecular complexity index is 1390. The predicted molar refractivity (Wildman–Crippen MR) is 139 cm³/mol. The number of ether oxygens (including phenoxy) is 1. The Balaban J connectivity index is 1.88. The van der Waals surface area contributed by atoms with Crippen molar-refractivity contribution in [3.8, 4) is 5.75 Å². The molecular weight excluding hydrogens is 502 g/mol. The van der Waals surface area contributed by atoms with E-state index in [1.165, 1.54) is 47.8 Å². The molecule has 0 atom stereocenters. The summed E-state index contributed by atoms with van der Waals surface area (Å²) in [6, 6.07) is 20.0. The van der Waals surface area contributed by atoms with E-state index in [1.54, 1.807) is 56.3 Å². The van der Waals surface area contributed by atoms with Crippen LogP contribution in [0.5, 0.6) is 5.75 Å². The molecule has 0 aliphatic carbocycles. The molecular formula is C25H29N3O6S2. The van der Waals surface area contributed by atoms with Crippen LogP contribution in [0.4, 0.5) is 11.4 Å². The first-order valence-electron chi connectivity index (χ1n) is 11.3. The number of hydrogen-bond donors (Lipinski definition) is 1. The Morgan fingerprint density at radius 3 is 1.92 bits per heavy atom. The van der Waals surface area contributed by atoms with Gasteiger partial charge in [0.1, 0.15) is 12.3 Å². The maximum Gasteiger partial charge on any atom is 0.264 e. The second kappa shape index (κ2) is 11.5. The molecule has 3 aromatic rings. The van der Waals surface area contributed by atoms with Gasteiger partial charge in [0.2, 0.25) is 15.9 Å². The molecule has 36 heavy (non-hydrogen) atoms. The molecule has 1 N–H and O–H groups in total. The van der Waals surface area contributed by atoms with Crippen LogP contribution < -0.4 is 14.4 Å². The number of rotatable bonds is 11. The second-order valence-corrected chi connectivity index (χ2v) is 11.5. The lowest BCUT2D eigenvalue weighted by Crippen LogP contribution is -2.38. The topological polar surface area (TPSA) is 113 Å². The average Bonchev–Trinajstić information content (AvgIpc) is 2.88. The van der Waals surface area contributed by atoms with Crippen LogP contribution in [0.2, 0.25) is 0 Å². The van der Waals surface area contributed by atoms with E-state index in [9.17, 15) is 21.6 Å². The third kappa shape index (κ3) is 5.86. The van der Waals surface area contributed by atoms with Gasteiger partial charge in [-0.15, -0.1) is 0 Å². The summed E-state index contributed by atoms with van der Waals surface area (Å²) in [5.41, 5.74) is 0.537. The van der Waals surface area contributed by atoms with Crippen LogP contribution in [0.3, 0.4) is 0 Å². The predicted octanol–water partition coefficient (Wildman–Crippen LogP) is 3.56. The number of sulfonamides is 2. The molecule has 0 bridgehead atoms. The van der Waals surface area contributed by atoms with Gasteiger partial charge in [0.25, 0.3) is 10.0 Å². The van der Waals surface area contributed by atoms with E-state index in [4.69, 9.17) is 4.74 Å². The maximum absolute atomic E-state index is 13.5. The molecule has 0 saturated carbocycles. The highest BCUT2D eigenvalue weighted by molar-refractivity contribution is 7.93. The minimum Gasteiger partial charge on any atom is -0.495 e. The number of methoxy groups -OCH3 is 1. The van der Waals surface area contributed by atoms with Crippen LogP contribution in [0.1, 0.15) is 13.8 Å². The number of anilines is 2. The minimum atomic E-state index is -4.11. The van der Waals surface area contributed by atoms with Crippen molar-refractivity contribution in [2.24, 2.45) is 0 Å². The molecule has 192 valence electrons. The highest BCUT2D eigenvalue weighted by Crippen LogP contribution is 2.32. The molecule has 0 fully saturated rings. The zero-order chi connectivity index (χ0) is 26.3. The highest BCUT2D eigenvalue weighted by Gasteiger charge is 2.29. The summed E-state index contributed by atoms with van der Waals surface area (Å²) in [5.74, 6) is -0.324. The first kappa shape index (κ1) is 27.2. The van der Waals surface area contributed by atoms with Crippen molar-refractivity contribution < 1.29 is 26.4 Å². The normalized spacial score (nSPS) is 11.8. The van der Waals surface area contributed by atoms with Gasteiger partial charge in [-0.3, -0.25) is 9.10 Å². The summed E-state index contributed by atoms with van der Waals surface area (Å²) in [6.45, 7) is 3.66. The van der Waals surface area contributed by atoms with Crippen molar-refractivity contribution >= 4 is 37.3 Å². The number of hydrogen-bond acceptors (Lipinski definition) is 6. The Labute approximate surface area is 212 Å². The van der Waals surface area contributed by atoms with E-state index in [0.29, 0.717) is 18.8 Å². The van der Waals surface area contributed by atoms with E-state index >= 15 is 0 Å². The third-order valence-electron chi connectivity index (χ3n) is 5.45. The molecule has 0 radical (unpaired) electrons. The molecule has 0 aliphatic heterocycles. The summed E-state index contributed by atoms with van der Waals surface area (Å²) in [7, 11) is -6.33. The van der Waals surface area contributed by atoms with Gasteiger partial charge >= 0.3 is 0 Å². The van der Waals surface area contributed by atoms with Crippen molar-refractivity contribution in [3.05, 3.63) is 78.9 Å². The van der Waals surface area contributed by atoms with Gasteiger partial charge in [0.05, 0.1) is 22.6 Å². The first-order chi connectivity index (χ1) is 17.1. The molecule has 1 amide bonds. The van der Waals surface area contributed by atoms with Crippen LogP contribution in [0.15, 0.2) is 88.7 Å². The summed E-state index contributed by atoms with van der Waals surface area (Å²) in [5, 5.41) is 2.64. The largest absolute Gasteiger partial charge is 0.495 e. The zero-order valence-corrected chi connectivity index (χ0v) is 21.9. The molecule has 11 heteroatoms. The standard InChI is InChI=1S/C25H29N3O6S2/c1-4-27(5-2)35(30,31)22-17-15-20(16-18-22)26-25(29)19-28(23-13-9-10-14-24(23)34-3)36(32,33)21-11-7-6-8-12-21/h6-18H,4-5,19H2,1-3H3,(H,26,29). The summed E-state index contributed by atoms with van der Waals surface area (Å²) >= 11 is 0. The van der Waals surface area contributed by atoms with Gasteiger partial charge in [-0.05, 0) is 48.5 Å². The lowest BCUT2D eigenvalue weighted by molar-refractivity contribution is -0.114. The maximum atomic E-state index is 13.5. The first-order valence-corrected chi connectivity index (χ1v) is 14.1. The van der Waals surface area contributed by atoms with Crippen molar-refractivity contribution in [1.82, 2.24) is 4.31 Å². The monoisotopic (exact) mass is 531 g/mol. The Hall–Kier alpha value is -3.41. The number of carbonyl (C=O) groups excluding carboxylic acids is 1. The number of nitrogens with zero attached hydrogens (tertiary/aromatic N) is 2. The molecule has 0 spiro atoms. The van der Waals surface area contributed by atoms with Crippen LogP contribution in [0.25, 0.3) is 0 Å². The molecule has 3 aromatic carbocycles. The van der Waals surface area contributed by atoms with Crippen molar-refractivity contribution in [2.45, 2.75) is 23.6 Å². The second-order valence-electron chi connectivity index (χ2n) is 7.66. The number of amides is 1. The van der Waals surface area contributed by atoms with Gasteiger partial charge in [-0.2, -0.15) is 4.31 Å². The number of nitrogens with one attached hydrogen (secondary N) is 1. The SMILES string of the molecule is CCN(CC)S(=O)(=O)c1ccc(NC(=O)CN(c2ccccc2OC)S(=O)(=O)c2ccccc2)cc1. The van der Waals surface area contributed by atoms with Gasteiger partial charge in [-0.25, -0.2) is 16.8 Å². The van der Waals surface area contributed by atoms with Crippen LogP contribution in [-0.4, -0.2) is 53.8 Å². The number of para-hydroxylation sites is 2. The number of benzene rings is 3. The van der Waals surface area contributed by atoms with E-state index in [0.717, 1.165) is 4.31 Å². The van der Waals surface area contributed by atoms with Crippen LogP contribution in [-0.2, 0) is 24.8 Å².